The first-order chi connectivity index (χ1) is 13.6. The highest BCUT2D eigenvalue weighted by molar-refractivity contribution is 5.79. The van der Waals surface area contributed by atoms with Crippen LogP contribution in [0.25, 0.3) is 11.1 Å². The molecule has 2 aliphatic rings. The second kappa shape index (κ2) is 8.02. The van der Waals surface area contributed by atoms with E-state index in [1.54, 1.807) is 0 Å². The fourth-order valence-electron chi connectivity index (χ4n) is 4.16. The average molecular weight is 381 g/mol. The van der Waals surface area contributed by atoms with Gasteiger partial charge >= 0.3 is 12.1 Å². The SMILES string of the molecule is O=C(O)CN(C(=O)OCC1c2ccccc2-c2ccccc21)C1CCOCC1. The molecule has 1 amide bonds. The van der Waals surface area contributed by atoms with Crippen molar-refractivity contribution >= 4 is 12.1 Å². The summed E-state index contributed by atoms with van der Waals surface area (Å²) in [6.07, 6.45) is 0.672. The normalized spacial score (nSPS) is 16.3. The molecule has 0 atom stereocenters. The number of aliphatic carboxylic acids is 1. The number of fused-ring (bicyclic) bond motifs is 3. The van der Waals surface area contributed by atoms with E-state index in [9.17, 15) is 14.7 Å². The van der Waals surface area contributed by atoms with Crippen LogP contribution >= 0.6 is 0 Å². The number of ether oxygens (including phenoxy) is 2. The zero-order valence-electron chi connectivity index (χ0n) is 15.5. The van der Waals surface area contributed by atoms with Crippen LogP contribution in [0.15, 0.2) is 48.5 Å². The number of carbonyl (C=O) groups is 2. The molecular formula is C22H23NO5. The second-order valence-electron chi connectivity index (χ2n) is 7.17. The van der Waals surface area contributed by atoms with Crippen molar-refractivity contribution in [2.75, 3.05) is 26.4 Å². The van der Waals surface area contributed by atoms with Gasteiger partial charge in [0, 0.05) is 25.2 Å². The summed E-state index contributed by atoms with van der Waals surface area (Å²) in [6, 6.07) is 16.1. The zero-order chi connectivity index (χ0) is 19.5. The number of benzene rings is 2. The number of rotatable bonds is 5. The van der Waals surface area contributed by atoms with E-state index in [1.165, 1.54) is 4.90 Å². The second-order valence-corrected chi connectivity index (χ2v) is 7.17. The van der Waals surface area contributed by atoms with Crippen molar-refractivity contribution in [3.05, 3.63) is 59.7 Å². The molecule has 146 valence electrons. The van der Waals surface area contributed by atoms with E-state index >= 15 is 0 Å². The molecule has 28 heavy (non-hydrogen) atoms. The maximum absolute atomic E-state index is 12.8. The van der Waals surface area contributed by atoms with Gasteiger partial charge in [0.1, 0.15) is 13.2 Å². The van der Waals surface area contributed by atoms with Crippen LogP contribution in [0.2, 0.25) is 0 Å². The van der Waals surface area contributed by atoms with Gasteiger partial charge in [0.25, 0.3) is 0 Å². The summed E-state index contributed by atoms with van der Waals surface area (Å²) in [4.78, 5) is 25.4. The van der Waals surface area contributed by atoms with Crippen LogP contribution in [-0.2, 0) is 14.3 Å². The van der Waals surface area contributed by atoms with E-state index in [0.717, 1.165) is 22.3 Å². The van der Waals surface area contributed by atoms with Crippen LogP contribution in [0.3, 0.4) is 0 Å². The summed E-state index contributed by atoms with van der Waals surface area (Å²) < 4.78 is 11.0. The Kier molecular flexibility index (Phi) is 5.30. The third-order valence-electron chi connectivity index (χ3n) is 5.51. The van der Waals surface area contributed by atoms with Gasteiger partial charge < -0.3 is 14.6 Å². The van der Waals surface area contributed by atoms with Gasteiger partial charge in [0.2, 0.25) is 0 Å². The lowest BCUT2D eigenvalue weighted by atomic mass is 9.98. The smallest absolute Gasteiger partial charge is 0.410 e. The highest BCUT2D eigenvalue weighted by Gasteiger charge is 2.32. The molecule has 6 nitrogen and oxygen atoms in total. The van der Waals surface area contributed by atoms with Gasteiger partial charge in [-0.3, -0.25) is 9.69 Å². The molecule has 2 aromatic rings. The first-order valence-corrected chi connectivity index (χ1v) is 9.56. The molecule has 6 heteroatoms. The van der Waals surface area contributed by atoms with Gasteiger partial charge in [0.05, 0.1) is 0 Å². The summed E-state index contributed by atoms with van der Waals surface area (Å²) in [7, 11) is 0. The van der Waals surface area contributed by atoms with Crippen LogP contribution in [0.1, 0.15) is 29.9 Å². The predicted octanol–water partition coefficient (Wildman–Crippen LogP) is 3.50. The molecule has 0 aromatic heterocycles. The highest BCUT2D eigenvalue weighted by Crippen LogP contribution is 2.44. The van der Waals surface area contributed by atoms with Gasteiger partial charge in [0.15, 0.2) is 0 Å². The van der Waals surface area contributed by atoms with Crippen LogP contribution < -0.4 is 0 Å². The first-order valence-electron chi connectivity index (χ1n) is 9.56. The summed E-state index contributed by atoms with van der Waals surface area (Å²) in [5.74, 6) is -1.09. The molecule has 1 fully saturated rings. The Morgan fingerprint density at radius 3 is 2.14 bits per heavy atom. The summed E-state index contributed by atoms with van der Waals surface area (Å²) in [6.45, 7) is 0.877. The van der Waals surface area contributed by atoms with E-state index in [2.05, 4.69) is 24.3 Å². The minimum atomic E-state index is -1.04. The lowest BCUT2D eigenvalue weighted by Crippen LogP contribution is -2.46. The summed E-state index contributed by atoms with van der Waals surface area (Å²) in [5.41, 5.74) is 4.58. The monoisotopic (exact) mass is 381 g/mol. The Morgan fingerprint density at radius 1 is 1.00 bits per heavy atom. The maximum Gasteiger partial charge on any atom is 0.410 e. The number of nitrogens with zero attached hydrogens (tertiary/aromatic N) is 1. The molecule has 0 saturated carbocycles. The number of amides is 1. The van der Waals surface area contributed by atoms with Gasteiger partial charge in [-0.25, -0.2) is 4.79 Å². The molecule has 2 aromatic carbocycles. The number of carbonyl (C=O) groups excluding carboxylic acids is 1. The Balaban J connectivity index is 1.51. The quantitative estimate of drug-likeness (QED) is 0.858. The fourth-order valence-corrected chi connectivity index (χ4v) is 4.16. The summed E-state index contributed by atoms with van der Waals surface area (Å²) in [5, 5.41) is 9.22. The van der Waals surface area contributed by atoms with Crippen molar-refractivity contribution in [2.24, 2.45) is 0 Å². The first kappa shape index (κ1) is 18.5. The number of hydrogen-bond acceptors (Lipinski definition) is 4. The summed E-state index contributed by atoms with van der Waals surface area (Å²) >= 11 is 0. The van der Waals surface area contributed by atoms with Crippen molar-refractivity contribution in [3.8, 4) is 11.1 Å². The van der Waals surface area contributed by atoms with Gasteiger partial charge in [-0.2, -0.15) is 0 Å². The Labute approximate surface area is 163 Å². The predicted molar refractivity (Wildman–Crippen MR) is 103 cm³/mol. The largest absolute Gasteiger partial charge is 0.480 e. The maximum atomic E-state index is 12.8. The molecule has 1 aliphatic heterocycles. The lowest BCUT2D eigenvalue weighted by Gasteiger charge is -2.32. The molecule has 1 N–H and O–H groups in total. The van der Waals surface area contributed by atoms with Crippen molar-refractivity contribution in [2.45, 2.75) is 24.8 Å². The van der Waals surface area contributed by atoms with E-state index in [-0.39, 0.29) is 25.1 Å². The number of carboxylic acids is 1. The van der Waals surface area contributed by atoms with Crippen LogP contribution in [0, 0.1) is 0 Å². The van der Waals surface area contributed by atoms with Crippen molar-refractivity contribution < 1.29 is 24.2 Å². The molecule has 0 bridgehead atoms. The van der Waals surface area contributed by atoms with Crippen LogP contribution in [-0.4, -0.2) is 54.5 Å². The minimum Gasteiger partial charge on any atom is -0.480 e. The Bertz CT molecular complexity index is 829. The molecule has 1 aliphatic carbocycles. The average Bonchev–Trinajstić information content (AvgIpc) is 3.05. The Hall–Kier alpha value is -2.86. The van der Waals surface area contributed by atoms with Crippen molar-refractivity contribution in [1.82, 2.24) is 4.90 Å². The molecule has 0 radical (unpaired) electrons. The van der Waals surface area contributed by atoms with Gasteiger partial charge in [-0.15, -0.1) is 0 Å². The molecule has 1 saturated heterocycles. The zero-order valence-corrected chi connectivity index (χ0v) is 15.5. The van der Waals surface area contributed by atoms with Crippen LogP contribution in [0.4, 0.5) is 4.79 Å². The topological polar surface area (TPSA) is 76.1 Å². The molecule has 1 heterocycles. The number of hydrogen-bond donors (Lipinski definition) is 1. The van der Waals surface area contributed by atoms with Crippen molar-refractivity contribution in [1.29, 1.82) is 0 Å². The van der Waals surface area contributed by atoms with Gasteiger partial charge in [-0.1, -0.05) is 48.5 Å². The van der Waals surface area contributed by atoms with Gasteiger partial charge in [-0.05, 0) is 35.1 Å². The molecular weight excluding hydrogens is 358 g/mol. The fraction of sp³-hybridized carbons (Fsp3) is 0.364. The van der Waals surface area contributed by atoms with Crippen molar-refractivity contribution in [3.63, 3.8) is 0 Å². The number of carboxylic acid groups (broad SMARTS) is 1. The van der Waals surface area contributed by atoms with E-state index in [4.69, 9.17) is 9.47 Å². The third-order valence-corrected chi connectivity index (χ3v) is 5.51. The van der Waals surface area contributed by atoms with E-state index < -0.39 is 12.1 Å². The molecule has 0 unspecified atom stereocenters. The molecule has 0 spiro atoms. The third kappa shape index (κ3) is 3.60. The standard InChI is InChI=1S/C22H23NO5/c24-21(25)13-23(15-9-11-27-12-10-15)22(26)28-14-20-18-7-3-1-5-16(18)17-6-2-4-8-19(17)20/h1-8,15,20H,9-14H2,(H,24,25). The molecule has 4 rings (SSSR count). The highest BCUT2D eigenvalue weighted by atomic mass is 16.6. The van der Waals surface area contributed by atoms with E-state index in [0.29, 0.717) is 26.1 Å². The van der Waals surface area contributed by atoms with E-state index in [1.807, 2.05) is 24.3 Å². The lowest BCUT2D eigenvalue weighted by molar-refractivity contribution is -0.139. The van der Waals surface area contributed by atoms with Crippen LogP contribution in [0.5, 0.6) is 0 Å². The minimum absolute atomic E-state index is 0.0438. The Morgan fingerprint density at radius 2 is 1.57 bits per heavy atom.